The lowest BCUT2D eigenvalue weighted by atomic mass is 10.0. The minimum atomic E-state index is -0.256. The molecule has 2 aromatic carbocycles. The van der Waals surface area contributed by atoms with Crippen LogP contribution >= 0.6 is 12.2 Å². The highest BCUT2D eigenvalue weighted by Crippen LogP contribution is 2.23. The monoisotopic (exact) mass is 324 g/mol. The lowest BCUT2D eigenvalue weighted by Crippen LogP contribution is -2.33. The number of hydrogen-bond acceptors (Lipinski definition) is 2. The largest absolute Gasteiger partial charge is 0.332 e. The van der Waals surface area contributed by atoms with Gasteiger partial charge in [-0.25, -0.2) is 0 Å². The van der Waals surface area contributed by atoms with E-state index in [0.29, 0.717) is 11.0 Å². The Hall–Kier alpha value is -2.46. The summed E-state index contributed by atoms with van der Waals surface area (Å²) in [5.74, 6) is 0.114. The molecule has 0 aliphatic rings. The minimum Gasteiger partial charge on any atom is -0.332 e. The summed E-state index contributed by atoms with van der Waals surface area (Å²) >= 11 is 5.21. The summed E-state index contributed by atoms with van der Waals surface area (Å²) in [5, 5.41) is 6.04. The maximum atomic E-state index is 11.9. The number of carbonyl (C=O) groups excluding carboxylic acids is 1. The quantitative estimate of drug-likeness (QED) is 0.649. The normalized spacial score (nSPS) is 10.7. The Balaban J connectivity index is 1.95. The van der Waals surface area contributed by atoms with E-state index in [9.17, 15) is 4.79 Å². The third-order valence-corrected chi connectivity index (χ3v) is 3.50. The molecule has 0 unspecified atom stereocenters. The molecule has 2 N–H and O–H groups in total. The molecule has 0 radical (unpaired) electrons. The number of amides is 1. The fourth-order valence-corrected chi connectivity index (χ4v) is 2.37. The van der Waals surface area contributed by atoms with Gasteiger partial charge in [-0.05, 0) is 41.4 Å². The summed E-state index contributed by atoms with van der Waals surface area (Å²) in [6.45, 7) is 4.23. The lowest BCUT2D eigenvalue weighted by Gasteiger charge is -2.15. The smallest absolute Gasteiger partial charge is 0.250 e. The van der Waals surface area contributed by atoms with Crippen molar-refractivity contribution >= 4 is 35.0 Å². The maximum Gasteiger partial charge on any atom is 0.250 e. The summed E-state index contributed by atoms with van der Waals surface area (Å²) in [7, 11) is 0. The molecule has 0 aromatic heterocycles. The van der Waals surface area contributed by atoms with Crippen LogP contribution in [0.15, 0.2) is 60.7 Å². The third kappa shape index (κ3) is 5.34. The number of para-hydroxylation sites is 1. The first-order valence-corrected chi connectivity index (χ1v) is 7.91. The Labute approximate surface area is 142 Å². The van der Waals surface area contributed by atoms with Crippen LogP contribution in [0.25, 0.3) is 6.08 Å². The van der Waals surface area contributed by atoms with E-state index in [1.165, 1.54) is 6.08 Å². The first-order valence-electron chi connectivity index (χ1n) is 7.50. The lowest BCUT2D eigenvalue weighted by molar-refractivity contribution is -0.115. The van der Waals surface area contributed by atoms with Crippen molar-refractivity contribution in [3.05, 3.63) is 71.8 Å². The fraction of sp³-hybridized carbons (Fsp3) is 0.158. The molecule has 0 saturated carbocycles. The van der Waals surface area contributed by atoms with E-state index >= 15 is 0 Å². The van der Waals surface area contributed by atoms with Crippen molar-refractivity contribution < 1.29 is 4.79 Å². The molecule has 0 aliphatic carbocycles. The van der Waals surface area contributed by atoms with Crippen molar-refractivity contribution in [1.29, 1.82) is 0 Å². The average Bonchev–Trinajstić information content (AvgIpc) is 2.54. The van der Waals surface area contributed by atoms with Crippen LogP contribution in [0.2, 0.25) is 0 Å². The van der Waals surface area contributed by atoms with Gasteiger partial charge in [-0.15, -0.1) is 0 Å². The molecule has 0 spiro atoms. The van der Waals surface area contributed by atoms with Gasteiger partial charge in [0, 0.05) is 11.8 Å². The number of hydrogen-bond donors (Lipinski definition) is 2. The number of nitrogens with one attached hydrogen (secondary N) is 2. The molecule has 1 amide bonds. The molecule has 2 rings (SSSR count). The molecule has 3 nitrogen and oxygen atoms in total. The molecule has 0 bridgehead atoms. The Morgan fingerprint density at radius 1 is 1.04 bits per heavy atom. The first-order chi connectivity index (χ1) is 11.1. The summed E-state index contributed by atoms with van der Waals surface area (Å²) in [4.78, 5) is 11.9. The number of benzene rings is 2. The highest BCUT2D eigenvalue weighted by atomic mass is 32.1. The van der Waals surface area contributed by atoms with Crippen LogP contribution in [0, 0.1) is 0 Å². The molecule has 0 heterocycles. The van der Waals surface area contributed by atoms with E-state index < -0.39 is 0 Å². The topological polar surface area (TPSA) is 41.1 Å². The molecular weight excluding hydrogens is 304 g/mol. The first kappa shape index (κ1) is 16.9. The van der Waals surface area contributed by atoms with Gasteiger partial charge < -0.3 is 5.32 Å². The molecule has 118 valence electrons. The summed E-state index contributed by atoms with van der Waals surface area (Å²) < 4.78 is 0. The van der Waals surface area contributed by atoms with Gasteiger partial charge in [-0.3, -0.25) is 10.1 Å². The van der Waals surface area contributed by atoms with Crippen molar-refractivity contribution in [3.8, 4) is 0 Å². The molecule has 0 aliphatic heterocycles. The maximum absolute atomic E-state index is 11.9. The van der Waals surface area contributed by atoms with Gasteiger partial charge in [0.05, 0.1) is 0 Å². The van der Waals surface area contributed by atoms with E-state index in [1.54, 1.807) is 6.08 Å². The Bertz CT molecular complexity index is 708. The number of carbonyl (C=O) groups is 1. The predicted molar refractivity (Wildman–Crippen MR) is 100 cm³/mol. The van der Waals surface area contributed by atoms with Gasteiger partial charge in [0.2, 0.25) is 5.91 Å². The van der Waals surface area contributed by atoms with E-state index in [0.717, 1.165) is 16.8 Å². The van der Waals surface area contributed by atoms with Crippen LogP contribution in [0.1, 0.15) is 30.9 Å². The van der Waals surface area contributed by atoms with E-state index in [1.807, 2.05) is 54.6 Å². The molecule has 0 atom stereocenters. The standard InChI is InChI=1S/C19H20N2OS/c1-14(2)16-10-6-7-11-17(16)20-19(23)21-18(22)13-12-15-8-4-3-5-9-15/h3-14H,1-2H3,(H2,20,21,22,23)/b13-12+. The predicted octanol–water partition coefficient (Wildman–Crippen LogP) is 4.34. The third-order valence-electron chi connectivity index (χ3n) is 3.29. The zero-order valence-electron chi connectivity index (χ0n) is 13.2. The van der Waals surface area contributed by atoms with Crippen molar-refractivity contribution in [1.82, 2.24) is 5.32 Å². The average molecular weight is 324 g/mol. The van der Waals surface area contributed by atoms with Gasteiger partial charge in [0.15, 0.2) is 5.11 Å². The molecule has 4 heteroatoms. The van der Waals surface area contributed by atoms with Gasteiger partial charge in [0.1, 0.15) is 0 Å². The molecule has 23 heavy (non-hydrogen) atoms. The summed E-state index contributed by atoms with van der Waals surface area (Å²) in [5.41, 5.74) is 3.04. The van der Waals surface area contributed by atoms with Crippen LogP contribution in [0.3, 0.4) is 0 Å². The van der Waals surface area contributed by atoms with Gasteiger partial charge >= 0.3 is 0 Å². The summed E-state index contributed by atoms with van der Waals surface area (Å²) in [6.07, 6.45) is 3.22. The van der Waals surface area contributed by atoms with Gasteiger partial charge in [0.25, 0.3) is 0 Å². The molecule has 0 fully saturated rings. The fourth-order valence-electron chi connectivity index (χ4n) is 2.16. The van der Waals surface area contributed by atoms with Crippen molar-refractivity contribution in [2.75, 3.05) is 5.32 Å². The second-order valence-corrected chi connectivity index (χ2v) is 5.84. The van der Waals surface area contributed by atoms with Crippen LogP contribution in [0.4, 0.5) is 5.69 Å². The van der Waals surface area contributed by atoms with Crippen molar-refractivity contribution in [2.45, 2.75) is 19.8 Å². The molecular formula is C19H20N2OS. The summed E-state index contributed by atoms with van der Waals surface area (Å²) in [6, 6.07) is 17.6. The Kier molecular flexibility index (Phi) is 6.06. The second-order valence-electron chi connectivity index (χ2n) is 5.43. The van der Waals surface area contributed by atoms with Crippen molar-refractivity contribution in [2.24, 2.45) is 0 Å². The highest BCUT2D eigenvalue weighted by Gasteiger charge is 2.08. The zero-order chi connectivity index (χ0) is 16.7. The number of anilines is 1. The van der Waals surface area contributed by atoms with E-state index in [-0.39, 0.29) is 5.91 Å². The van der Waals surface area contributed by atoms with Crippen LogP contribution in [-0.4, -0.2) is 11.0 Å². The second kappa shape index (κ2) is 8.25. The van der Waals surface area contributed by atoms with E-state index in [2.05, 4.69) is 24.5 Å². The SMILES string of the molecule is CC(C)c1ccccc1NC(=S)NC(=O)/C=C/c1ccccc1. The number of rotatable bonds is 4. The Morgan fingerprint density at radius 2 is 1.70 bits per heavy atom. The van der Waals surface area contributed by atoms with Gasteiger partial charge in [-0.2, -0.15) is 0 Å². The molecule has 0 saturated heterocycles. The zero-order valence-corrected chi connectivity index (χ0v) is 14.1. The van der Waals surface area contributed by atoms with Crippen LogP contribution in [-0.2, 0) is 4.79 Å². The molecule has 2 aromatic rings. The van der Waals surface area contributed by atoms with Crippen LogP contribution in [0.5, 0.6) is 0 Å². The van der Waals surface area contributed by atoms with Crippen molar-refractivity contribution in [3.63, 3.8) is 0 Å². The number of thiocarbonyl (C=S) groups is 1. The van der Waals surface area contributed by atoms with Crippen LogP contribution < -0.4 is 10.6 Å². The Morgan fingerprint density at radius 3 is 2.39 bits per heavy atom. The van der Waals surface area contributed by atoms with E-state index in [4.69, 9.17) is 12.2 Å². The van der Waals surface area contributed by atoms with Gasteiger partial charge in [-0.1, -0.05) is 62.4 Å². The highest BCUT2D eigenvalue weighted by molar-refractivity contribution is 7.80. The minimum absolute atomic E-state index is 0.256.